The average molecular weight is 517 g/mol. The Balaban J connectivity index is 1.48. The van der Waals surface area contributed by atoms with Gasteiger partial charge in [0.15, 0.2) is 4.32 Å². The van der Waals surface area contributed by atoms with Crippen LogP contribution in [0.3, 0.4) is 0 Å². The molecule has 1 saturated heterocycles. The van der Waals surface area contributed by atoms with Gasteiger partial charge >= 0.3 is 0 Å². The maximum absolute atomic E-state index is 13.2. The van der Waals surface area contributed by atoms with Crippen molar-refractivity contribution in [1.29, 1.82) is 0 Å². The van der Waals surface area contributed by atoms with Gasteiger partial charge in [-0.25, -0.2) is 0 Å². The van der Waals surface area contributed by atoms with Gasteiger partial charge in [0.25, 0.3) is 17.3 Å². The Morgan fingerprint density at radius 1 is 0.917 bits per heavy atom. The van der Waals surface area contributed by atoms with Gasteiger partial charge in [0.05, 0.1) is 20.4 Å². The molecule has 3 aromatic carbocycles. The SMILES string of the molecule is O=C1/C(=C\c2cn(Cc3ccc([N+](=O)[O-])cc3)c3ccccc23)SC(=S)N1c1cccc([N+](=O)[O-])c1. The molecule has 0 spiro atoms. The molecule has 1 aliphatic rings. The Kier molecular flexibility index (Phi) is 6.08. The summed E-state index contributed by atoms with van der Waals surface area (Å²) in [7, 11) is 0. The van der Waals surface area contributed by atoms with Crippen molar-refractivity contribution in [3.8, 4) is 0 Å². The molecular formula is C25H16N4O5S2. The lowest BCUT2D eigenvalue weighted by Gasteiger charge is -2.13. The molecule has 0 N–H and O–H groups in total. The van der Waals surface area contributed by atoms with Crippen LogP contribution in [0.5, 0.6) is 0 Å². The number of non-ortho nitro benzene ring substituents is 2. The Bertz CT molecular complexity index is 1590. The molecule has 1 aromatic heterocycles. The van der Waals surface area contributed by atoms with E-state index in [9.17, 15) is 25.0 Å². The number of rotatable bonds is 6. The number of anilines is 1. The van der Waals surface area contributed by atoms with E-state index in [2.05, 4.69) is 0 Å². The van der Waals surface area contributed by atoms with E-state index in [-0.39, 0.29) is 17.3 Å². The molecule has 0 unspecified atom stereocenters. The molecule has 178 valence electrons. The van der Waals surface area contributed by atoms with E-state index in [1.54, 1.807) is 24.3 Å². The van der Waals surface area contributed by atoms with E-state index >= 15 is 0 Å². The van der Waals surface area contributed by atoms with Crippen molar-refractivity contribution in [3.05, 3.63) is 115 Å². The maximum atomic E-state index is 13.2. The van der Waals surface area contributed by atoms with Crippen LogP contribution in [-0.2, 0) is 11.3 Å². The number of nitro groups is 2. The van der Waals surface area contributed by atoms with Gasteiger partial charge in [-0.05, 0) is 23.8 Å². The van der Waals surface area contributed by atoms with E-state index in [4.69, 9.17) is 12.2 Å². The number of nitro benzene ring substituents is 2. The average Bonchev–Trinajstić information content (AvgIpc) is 3.35. The van der Waals surface area contributed by atoms with E-state index in [1.807, 2.05) is 35.0 Å². The van der Waals surface area contributed by atoms with Crippen LogP contribution in [0.2, 0.25) is 0 Å². The number of carbonyl (C=O) groups is 1. The van der Waals surface area contributed by atoms with Gasteiger partial charge in [-0.1, -0.05) is 60.4 Å². The Labute approximate surface area is 213 Å². The van der Waals surface area contributed by atoms with Crippen LogP contribution >= 0.6 is 24.0 Å². The number of thiocarbonyl (C=S) groups is 1. The first-order valence-corrected chi connectivity index (χ1v) is 11.9. The van der Waals surface area contributed by atoms with E-state index in [0.717, 1.165) is 33.8 Å². The number of para-hydroxylation sites is 1. The number of hydrogen-bond acceptors (Lipinski definition) is 7. The molecule has 1 aliphatic heterocycles. The summed E-state index contributed by atoms with van der Waals surface area (Å²) >= 11 is 6.56. The summed E-state index contributed by atoms with van der Waals surface area (Å²) in [6.07, 6.45) is 3.69. The van der Waals surface area contributed by atoms with Gasteiger partial charge in [0.2, 0.25) is 0 Å². The van der Waals surface area contributed by atoms with Crippen LogP contribution in [-0.4, -0.2) is 24.6 Å². The summed E-state index contributed by atoms with van der Waals surface area (Å²) in [5.41, 5.74) is 2.89. The summed E-state index contributed by atoms with van der Waals surface area (Å²) < 4.78 is 2.31. The lowest BCUT2D eigenvalue weighted by Crippen LogP contribution is -2.27. The zero-order chi connectivity index (χ0) is 25.4. The number of hydrogen-bond donors (Lipinski definition) is 0. The number of carbonyl (C=O) groups excluding carboxylic acids is 1. The second kappa shape index (κ2) is 9.36. The van der Waals surface area contributed by atoms with Gasteiger partial charge in [-0.2, -0.15) is 0 Å². The smallest absolute Gasteiger partial charge is 0.271 e. The van der Waals surface area contributed by atoms with Crippen molar-refractivity contribution >= 4 is 68.2 Å². The minimum Gasteiger partial charge on any atom is -0.342 e. The van der Waals surface area contributed by atoms with Gasteiger partial charge in [0, 0.05) is 53.5 Å². The molecule has 0 atom stereocenters. The molecule has 0 bridgehead atoms. The fraction of sp³-hybridized carbons (Fsp3) is 0.0400. The lowest BCUT2D eigenvalue weighted by molar-refractivity contribution is -0.385. The second-order valence-corrected chi connectivity index (χ2v) is 9.62. The molecule has 4 aromatic rings. The first-order valence-electron chi connectivity index (χ1n) is 10.7. The number of thioether (sulfide) groups is 1. The van der Waals surface area contributed by atoms with Crippen LogP contribution in [0.4, 0.5) is 17.1 Å². The number of aromatic nitrogens is 1. The third kappa shape index (κ3) is 4.37. The minimum absolute atomic E-state index is 0.0302. The number of fused-ring (bicyclic) bond motifs is 1. The molecule has 0 aliphatic carbocycles. The molecule has 11 heteroatoms. The third-order valence-electron chi connectivity index (χ3n) is 5.70. The van der Waals surface area contributed by atoms with Crippen LogP contribution in [0.1, 0.15) is 11.1 Å². The number of amides is 1. The summed E-state index contributed by atoms with van der Waals surface area (Å²) in [6, 6.07) is 19.9. The number of nitrogens with zero attached hydrogens (tertiary/aromatic N) is 4. The van der Waals surface area contributed by atoms with Gasteiger partial charge in [-0.15, -0.1) is 0 Å². The Morgan fingerprint density at radius 3 is 2.36 bits per heavy atom. The zero-order valence-corrected chi connectivity index (χ0v) is 20.1. The molecule has 1 amide bonds. The third-order valence-corrected chi connectivity index (χ3v) is 7.00. The second-order valence-electron chi connectivity index (χ2n) is 7.95. The standard InChI is InChI=1S/C25H16N4O5S2/c30-24-23(36-25(35)27(24)19-4-3-5-20(13-19)29(33)34)12-17-15-26(22-7-2-1-6-21(17)22)14-16-8-10-18(11-9-16)28(31)32/h1-13,15H,14H2/b23-12+. The largest absolute Gasteiger partial charge is 0.342 e. The minimum atomic E-state index is -0.517. The monoisotopic (exact) mass is 516 g/mol. The van der Waals surface area contributed by atoms with Gasteiger partial charge in [-0.3, -0.25) is 29.9 Å². The summed E-state index contributed by atoms with van der Waals surface area (Å²) in [4.78, 5) is 36.1. The summed E-state index contributed by atoms with van der Waals surface area (Å²) in [5, 5.41) is 23.0. The normalized spacial score (nSPS) is 14.7. The highest BCUT2D eigenvalue weighted by Crippen LogP contribution is 2.38. The molecule has 0 saturated carbocycles. The fourth-order valence-electron chi connectivity index (χ4n) is 4.02. The predicted molar refractivity (Wildman–Crippen MR) is 143 cm³/mol. The van der Waals surface area contributed by atoms with Crippen LogP contribution in [0.25, 0.3) is 17.0 Å². The molecular weight excluding hydrogens is 500 g/mol. The highest BCUT2D eigenvalue weighted by molar-refractivity contribution is 8.27. The molecule has 0 radical (unpaired) electrons. The Morgan fingerprint density at radius 2 is 1.64 bits per heavy atom. The van der Waals surface area contributed by atoms with Crippen molar-refractivity contribution in [3.63, 3.8) is 0 Å². The highest BCUT2D eigenvalue weighted by atomic mass is 32.2. The van der Waals surface area contributed by atoms with Crippen LogP contribution < -0.4 is 4.90 Å². The van der Waals surface area contributed by atoms with E-state index in [1.165, 1.54) is 35.2 Å². The summed E-state index contributed by atoms with van der Waals surface area (Å²) in [6.45, 7) is 0.487. The maximum Gasteiger partial charge on any atom is 0.271 e. The zero-order valence-electron chi connectivity index (χ0n) is 18.4. The van der Waals surface area contributed by atoms with E-state index < -0.39 is 9.85 Å². The van der Waals surface area contributed by atoms with Gasteiger partial charge < -0.3 is 4.57 Å². The van der Waals surface area contributed by atoms with Crippen molar-refractivity contribution in [2.75, 3.05) is 4.90 Å². The first-order chi connectivity index (χ1) is 17.3. The topological polar surface area (TPSA) is 112 Å². The molecule has 9 nitrogen and oxygen atoms in total. The number of benzene rings is 3. The van der Waals surface area contributed by atoms with Crippen molar-refractivity contribution < 1.29 is 14.6 Å². The quantitative estimate of drug-likeness (QED) is 0.135. The molecule has 1 fully saturated rings. The van der Waals surface area contributed by atoms with Crippen LogP contribution in [0.15, 0.2) is 83.9 Å². The summed E-state index contributed by atoms with van der Waals surface area (Å²) in [5.74, 6) is -0.349. The molecule has 2 heterocycles. The predicted octanol–water partition coefficient (Wildman–Crippen LogP) is 5.91. The van der Waals surface area contributed by atoms with Crippen molar-refractivity contribution in [1.82, 2.24) is 4.57 Å². The lowest BCUT2D eigenvalue weighted by atomic mass is 10.1. The Hall–Kier alpha value is -4.35. The molecule has 36 heavy (non-hydrogen) atoms. The van der Waals surface area contributed by atoms with E-state index in [0.29, 0.717) is 21.5 Å². The van der Waals surface area contributed by atoms with Crippen molar-refractivity contribution in [2.24, 2.45) is 0 Å². The highest BCUT2D eigenvalue weighted by Gasteiger charge is 2.34. The fourth-order valence-corrected chi connectivity index (χ4v) is 5.31. The first kappa shape index (κ1) is 23.4. The van der Waals surface area contributed by atoms with Gasteiger partial charge in [0.1, 0.15) is 0 Å². The molecule has 5 rings (SSSR count). The van der Waals surface area contributed by atoms with Crippen LogP contribution in [0, 0.1) is 20.2 Å². The van der Waals surface area contributed by atoms with Crippen molar-refractivity contribution in [2.45, 2.75) is 6.54 Å².